The normalized spacial score (nSPS) is 20.2. The molecule has 3 amide bonds. The Bertz CT molecular complexity index is 917. The van der Waals surface area contributed by atoms with Gasteiger partial charge in [0.15, 0.2) is 0 Å². The number of benzene rings is 1. The van der Waals surface area contributed by atoms with E-state index in [0.717, 1.165) is 6.07 Å². The maximum Gasteiger partial charge on any atom is 0.417 e. The zero-order valence-corrected chi connectivity index (χ0v) is 18.5. The lowest BCUT2D eigenvalue weighted by Crippen LogP contribution is -2.48. The Balaban J connectivity index is 1.82. The monoisotopic (exact) mass is 451 g/mol. The van der Waals surface area contributed by atoms with Gasteiger partial charge in [-0.05, 0) is 38.0 Å². The second-order valence-electron chi connectivity index (χ2n) is 8.69. The highest BCUT2D eigenvalue weighted by atomic mass is 19.4. The van der Waals surface area contributed by atoms with Crippen LogP contribution in [0.1, 0.15) is 30.9 Å². The van der Waals surface area contributed by atoms with Crippen molar-refractivity contribution < 1.29 is 22.8 Å². The SMILES string of the molecule is CCNC(=O)N1CC(C(=O)N(C)C)C2(CCN(c3ccc(C#N)c(C(F)(F)F)c3)CC2)C1. The number of nitrogens with one attached hydrogen (secondary N) is 1. The quantitative estimate of drug-likeness (QED) is 0.767. The fraction of sp³-hybridized carbons (Fsp3) is 0.591. The van der Waals surface area contributed by atoms with E-state index >= 15 is 0 Å². The second-order valence-corrected chi connectivity index (χ2v) is 8.69. The molecule has 1 atom stereocenters. The molecule has 0 aliphatic carbocycles. The first-order valence-electron chi connectivity index (χ1n) is 10.6. The molecule has 0 bridgehead atoms. The number of rotatable bonds is 3. The number of anilines is 1. The van der Waals surface area contributed by atoms with E-state index in [1.165, 1.54) is 17.0 Å². The molecular weight excluding hydrogens is 423 g/mol. The molecule has 0 aromatic heterocycles. The van der Waals surface area contributed by atoms with Crippen LogP contribution in [0, 0.1) is 22.7 Å². The van der Waals surface area contributed by atoms with Gasteiger partial charge in [-0.1, -0.05) is 0 Å². The van der Waals surface area contributed by atoms with Crippen molar-refractivity contribution in [3.8, 4) is 6.07 Å². The predicted octanol–water partition coefficient (Wildman–Crippen LogP) is 2.91. The third kappa shape index (κ3) is 4.47. The Kier molecular flexibility index (Phi) is 6.58. The molecule has 1 spiro atoms. The first kappa shape index (κ1) is 23.7. The lowest BCUT2D eigenvalue weighted by molar-refractivity contribution is -0.138. The van der Waals surface area contributed by atoms with Gasteiger partial charge < -0.3 is 20.0 Å². The fourth-order valence-electron chi connectivity index (χ4n) is 4.82. The minimum absolute atomic E-state index is 0.0389. The molecule has 32 heavy (non-hydrogen) atoms. The lowest BCUT2D eigenvalue weighted by atomic mass is 9.70. The molecule has 2 saturated heterocycles. The van der Waals surface area contributed by atoms with Crippen LogP contribution in [0.4, 0.5) is 23.7 Å². The van der Waals surface area contributed by atoms with Gasteiger partial charge in [0.2, 0.25) is 5.91 Å². The molecule has 1 aromatic carbocycles. The average molecular weight is 451 g/mol. The van der Waals surface area contributed by atoms with Gasteiger partial charge in [0.05, 0.1) is 23.1 Å². The van der Waals surface area contributed by atoms with E-state index in [-0.39, 0.29) is 17.9 Å². The summed E-state index contributed by atoms with van der Waals surface area (Å²) >= 11 is 0. The molecule has 174 valence electrons. The van der Waals surface area contributed by atoms with E-state index in [0.29, 0.717) is 51.3 Å². The summed E-state index contributed by atoms with van der Waals surface area (Å²) in [4.78, 5) is 30.4. The molecule has 2 aliphatic rings. The molecule has 10 heteroatoms. The number of urea groups is 1. The molecule has 7 nitrogen and oxygen atoms in total. The summed E-state index contributed by atoms with van der Waals surface area (Å²) in [6, 6.07) is 5.15. The van der Waals surface area contributed by atoms with E-state index < -0.39 is 22.7 Å². The molecule has 1 unspecified atom stereocenters. The van der Waals surface area contributed by atoms with Crippen LogP contribution in [-0.4, -0.2) is 68.6 Å². The van der Waals surface area contributed by atoms with Crippen LogP contribution in [-0.2, 0) is 11.0 Å². The fourth-order valence-corrected chi connectivity index (χ4v) is 4.82. The van der Waals surface area contributed by atoms with E-state index in [2.05, 4.69) is 5.32 Å². The van der Waals surface area contributed by atoms with E-state index in [4.69, 9.17) is 5.26 Å². The van der Waals surface area contributed by atoms with Crippen LogP contribution in [0.5, 0.6) is 0 Å². The molecule has 0 saturated carbocycles. The highest BCUT2D eigenvalue weighted by Crippen LogP contribution is 2.46. The van der Waals surface area contributed by atoms with Crippen molar-refractivity contribution in [3.63, 3.8) is 0 Å². The van der Waals surface area contributed by atoms with Crippen LogP contribution in [0.25, 0.3) is 0 Å². The summed E-state index contributed by atoms with van der Waals surface area (Å²) in [6.45, 7) is 4.02. The third-order valence-corrected chi connectivity index (χ3v) is 6.56. The van der Waals surface area contributed by atoms with Gasteiger partial charge in [-0.25, -0.2) is 4.79 Å². The van der Waals surface area contributed by atoms with Crippen molar-refractivity contribution in [2.45, 2.75) is 25.9 Å². The number of amides is 3. The molecule has 2 aliphatic heterocycles. The summed E-state index contributed by atoms with van der Waals surface area (Å²) in [5.41, 5.74) is -1.36. The van der Waals surface area contributed by atoms with Crippen molar-refractivity contribution in [1.29, 1.82) is 5.26 Å². The first-order valence-corrected chi connectivity index (χ1v) is 10.6. The van der Waals surface area contributed by atoms with Crippen molar-refractivity contribution in [3.05, 3.63) is 29.3 Å². The number of nitrogens with zero attached hydrogens (tertiary/aromatic N) is 4. The summed E-state index contributed by atoms with van der Waals surface area (Å²) < 4.78 is 40.1. The smallest absolute Gasteiger partial charge is 0.371 e. The zero-order chi connectivity index (χ0) is 23.7. The molecular formula is C22H28F3N5O2. The van der Waals surface area contributed by atoms with Crippen LogP contribution in [0.3, 0.4) is 0 Å². The molecule has 0 radical (unpaired) electrons. The van der Waals surface area contributed by atoms with Gasteiger partial charge in [0.25, 0.3) is 0 Å². The zero-order valence-electron chi connectivity index (χ0n) is 18.5. The molecule has 2 fully saturated rings. The summed E-state index contributed by atoms with van der Waals surface area (Å²) in [5.74, 6) is -0.392. The highest BCUT2D eigenvalue weighted by Gasteiger charge is 2.52. The van der Waals surface area contributed by atoms with E-state index in [1.54, 1.807) is 25.1 Å². The minimum atomic E-state index is -4.61. The molecule has 1 aromatic rings. The number of halogens is 3. The van der Waals surface area contributed by atoms with Crippen LogP contribution < -0.4 is 10.2 Å². The Morgan fingerprint density at radius 3 is 2.47 bits per heavy atom. The number of hydrogen-bond acceptors (Lipinski definition) is 4. The predicted molar refractivity (Wildman–Crippen MR) is 113 cm³/mol. The standard InChI is InChI=1S/C22H28F3N5O2/c1-4-27-20(32)30-13-18(19(31)28(2)3)21(14-30)7-9-29(10-8-21)16-6-5-15(12-26)17(11-16)22(23,24)25/h5-6,11,18H,4,7-10,13-14H2,1-3H3,(H,27,32). The molecule has 3 rings (SSSR count). The third-order valence-electron chi connectivity index (χ3n) is 6.56. The summed E-state index contributed by atoms with van der Waals surface area (Å²) in [6.07, 6.45) is -3.46. The lowest BCUT2D eigenvalue weighted by Gasteiger charge is -2.43. The van der Waals surface area contributed by atoms with Gasteiger partial charge in [0, 0.05) is 57.9 Å². The maximum atomic E-state index is 13.4. The Hall–Kier alpha value is -2.96. The van der Waals surface area contributed by atoms with Crippen LogP contribution in [0.2, 0.25) is 0 Å². The van der Waals surface area contributed by atoms with Crippen LogP contribution in [0.15, 0.2) is 18.2 Å². The van der Waals surface area contributed by atoms with Gasteiger partial charge in [-0.15, -0.1) is 0 Å². The van der Waals surface area contributed by atoms with Gasteiger partial charge >= 0.3 is 12.2 Å². The number of likely N-dealkylation sites (tertiary alicyclic amines) is 1. The summed E-state index contributed by atoms with van der Waals surface area (Å²) in [5, 5.41) is 11.8. The Morgan fingerprint density at radius 2 is 1.94 bits per heavy atom. The maximum absolute atomic E-state index is 13.4. The largest absolute Gasteiger partial charge is 0.417 e. The van der Waals surface area contributed by atoms with E-state index in [1.807, 2.05) is 11.8 Å². The first-order chi connectivity index (χ1) is 15.0. The highest BCUT2D eigenvalue weighted by molar-refractivity contribution is 5.82. The number of carbonyl (C=O) groups is 2. The van der Waals surface area contributed by atoms with E-state index in [9.17, 15) is 22.8 Å². The number of nitriles is 1. The van der Waals surface area contributed by atoms with Gasteiger partial charge in [0.1, 0.15) is 0 Å². The van der Waals surface area contributed by atoms with Gasteiger partial charge in [-0.2, -0.15) is 18.4 Å². The van der Waals surface area contributed by atoms with Crippen molar-refractivity contribution in [1.82, 2.24) is 15.1 Å². The topological polar surface area (TPSA) is 79.7 Å². The second kappa shape index (κ2) is 8.88. The average Bonchev–Trinajstić information content (AvgIpc) is 3.11. The Labute approximate surface area is 185 Å². The Morgan fingerprint density at radius 1 is 1.28 bits per heavy atom. The van der Waals surface area contributed by atoms with Crippen molar-refractivity contribution in [2.24, 2.45) is 11.3 Å². The number of carbonyl (C=O) groups excluding carboxylic acids is 2. The minimum Gasteiger partial charge on any atom is -0.371 e. The van der Waals surface area contributed by atoms with Crippen molar-refractivity contribution in [2.75, 3.05) is 51.7 Å². The summed E-state index contributed by atoms with van der Waals surface area (Å²) in [7, 11) is 3.38. The molecule has 2 heterocycles. The van der Waals surface area contributed by atoms with Crippen LogP contribution >= 0.6 is 0 Å². The van der Waals surface area contributed by atoms with Crippen molar-refractivity contribution >= 4 is 17.6 Å². The molecule has 1 N–H and O–H groups in total. The number of alkyl halides is 3. The number of piperidine rings is 1. The van der Waals surface area contributed by atoms with Gasteiger partial charge in [-0.3, -0.25) is 4.79 Å². The number of hydrogen-bond donors (Lipinski definition) is 1.